The lowest BCUT2D eigenvalue weighted by atomic mass is 10.0. The number of aromatic hydroxyl groups is 1. The molecule has 4 aromatic rings. The van der Waals surface area contributed by atoms with E-state index in [4.69, 9.17) is 27.9 Å². The van der Waals surface area contributed by atoms with Gasteiger partial charge in [0.1, 0.15) is 18.1 Å². The van der Waals surface area contributed by atoms with Crippen LogP contribution in [0.25, 0.3) is 10.8 Å². The minimum Gasteiger partial charge on any atom is -0.508 e. The molecule has 0 bridgehead atoms. The van der Waals surface area contributed by atoms with Crippen LogP contribution in [-0.2, 0) is 13.2 Å². The van der Waals surface area contributed by atoms with Crippen molar-refractivity contribution in [1.82, 2.24) is 0 Å². The zero-order chi connectivity index (χ0) is 20.2. The van der Waals surface area contributed by atoms with E-state index in [1.165, 1.54) is 0 Å². The van der Waals surface area contributed by atoms with Gasteiger partial charge in [0.2, 0.25) is 0 Å². The Morgan fingerprint density at radius 3 is 2.41 bits per heavy atom. The molecule has 0 saturated carbocycles. The largest absolute Gasteiger partial charge is 0.508 e. The Hall–Kier alpha value is -2.88. The van der Waals surface area contributed by atoms with E-state index < -0.39 is 0 Å². The minimum atomic E-state index is 0.242. The number of rotatable bonds is 6. The van der Waals surface area contributed by atoms with Gasteiger partial charge in [-0.3, -0.25) is 0 Å². The molecule has 0 aliphatic heterocycles. The number of phenols is 1. The van der Waals surface area contributed by atoms with Crippen molar-refractivity contribution < 1.29 is 9.84 Å². The van der Waals surface area contributed by atoms with Crippen molar-refractivity contribution in [2.75, 3.05) is 5.32 Å². The van der Waals surface area contributed by atoms with Crippen LogP contribution in [0.3, 0.4) is 0 Å². The Morgan fingerprint density at radius 1 is 0.828 bits per heavy atom. The number of halogens is 2. The Morgan fingerprint density at radius 2 is 1.62 bits per heavy atom. The summed E-state index contributed by atoms with van der Waals surface area (Å²) in [6.45, 7) is 0.976. The van der Waals surface area contributed by atoms with Gasteiger partial charge in [-0.15, -0.1) is 0 Å². The maximum absolute atomic E-state index is 9.48. The van der Waals surface area contributed by atoms with Crippen molar-refractivity contribution in [1.29, 1.82) is 0 Å². The van der Waals surface area contributed by atoms with Crippen LogP contribution in [-0.4, -0.2) is 5.11 Å². The minimum absolute atomic E-state index is 0.242. The summed E-state index contributed by atoms with van der Waals surface area (Å²) in [6, 6.07) is 24.8. The first-order valence-electron chi connectivity index (χ1n) is 9.20. The Balaban J connectivity index is 1.61. The Bertz CT molecular complexity index is 1140. The lowest BCUT2D eigenvalue weighted by Gasteiger charge is -2.16. The summed E-state index contributed by atoms with van der Waals surface area (Å²) < 4.78 is 6.15. The molecule has 0 unspecified atom stereocenters. The SMILES string of the molecule is Oc1ccc(NCc2c(OCc3ccc(Cl)c(Cl)c3)ccc3ccccc23)cc1. The van der Waals surface area contributed by atoms with Crippen LogP contribution < -0.4 is 10.1 Å². The predicted octanol–water partition coefficient (Wildman–Crippen LogP) is 7.04. The van der Waals surface area contributed by atoms with E-state index >= 15 is 0 Å². The second kappa shape index (κ2) is 8.64. The summed E-state index contributed by atoms with van der Waals surface area (Å²) in [5.41, 5.74) is 2.94. The third-order valence-electron chi connectivity index (χ3n) is 4.71. The van der Waals surface area contributed by atoms with E-state index in [9.17, 15) is 5.11 Å². The van der Waals surface area contributed by atoms with Gasteiger partial charge >= 0.3 is 0 Å². The maximum atomic E-state index is 9.48. The molecule has 0 aromatic heterocycles. The van der Waals surface area contributed by atoms with Crippen molar-refractivity contribution in [3.8, 4) is 11.5 Å². The quantitative estimate of drug-likeness (QED) is 0.326. The van der Waals surface area contributed by atoms with E-state index in [-0.39, 0.29) is 5.75 Å². The third-order valence-corrected chi connectivity index (χ3v) is 5.45. The van der Waals surface area contributed by atoms with Crippen molar-refractivity contribution >= 4 is 39.7 Å². The van der Waals surface area contributed by atoms with Gasteiger partial charge in [-0.05, 0) is 58.8 Å². The van der Waals surface area contributed by atoms with Crippen molar-refractivity contribution in [2.45, 2.75) is 13.2 Å². The number of anilines is 1. The summed E-state index contributed by atoms with van der Waals surface area (Å²) in [5, 5.41) is 16.2. The van der Waals surface area contributed by atoms with Crippen LogP contribution >= 0.6 is 23.2 Å². The van der Waals surface area contributed by atoms with E-state index in [0.717, 1.165) is 33.3 Å². The number of hydrogen-bond acceptors (Lipinski definition) is 3. The van der Waals surface area contributed by atoms with Gasteiger partial charge in [-0.2, -0.15) is 0 Å². The highest BCUT2D eigenvalue weighted by Gasteiger charge is 2.10. The zero-order valence-electron chi connectivity index (χ0n) is 15.5. The van der Waals surface area contributed by atoms with Crippen molar-refractivity contribution in [2.24, 2.45) is 0 Å². The number of phenolic OH excluding ortho intramolecular Hbond substituents is 1. The first-order chi connectivity index (χ1) is 14.1. The molecule has 2 N–H and O–H groups in total. The van der Waals surface area contributed by atoms with Crippen LogP contribution in [0, 0.1) is 0 Å². The smallest absolute Gasteiger partial charge is 0.125 e. The summed E-state index contributed by atoms with van der Waals surface area (Å²) in [4.78, 5) is 0. The number of benzene rings is 4. The number of ether oxygens (including phenoxy) is 1. The molecule has 0 radical (unpaired) electrons. The molecule has 0 aliphatic rings. The molecule has 0 heterocycles. The molecule has 0 atom stereocenters. The predicted molar refractivity (Wildman–Crippen MR) is 120 cm³/mol. The van der Waals surface area contributed by atoms with Crippen LogP contribution in [0.1, 0.15) is 11.1 Å². The van der Waals surface area contributed by atoms with E-state index in [1.807, 2.05) is 42.5 Å². The average molecular weight is 424 g/mol. The fourth-order valence-electron chi connectivity index (χ4n) is 3.19. The van der Waals surface area contributed by atoms with Crippen LogP contribution in [0.2, 0.25) is 10.0 Å². The van der Waals surface area contributed by atoms with Gasteiger partial charge in [-0.1, -0.05) is 59.6 Å². The van der Waals surface area contributed by atoms with Gasteiger partial charge in [0.15, 0.2) is 0 Å². The monoisotopic (exact) mass is 423 g/mol. The second-order valence-corrected chi connectivity index (χ2v) is 7.52. The number of fused-ring (bicyclic) bond motifs is 1. The molecule has 29 heavy (non-hydrogen) atoms. The molecule has 3 nitrogen and oxygen atoms in total. The maximum Gasteiger partial charge on any atom is 0.125 e. The van der Waals surface area contributed by atoms with Crippen LogP contribution in [0.4, 0.5) is 5.69 Å². The van der Waals surface area contributed by atoms with E-state index in [2.05, 4.69) is 23.5 Å². The lowest BCUT2D eigenvalue weighted by molar-refractivity contribution is 0.304. The molecule has 146 valence electrons. The molecule has 5 heteroatoms. The fourth-order valence-corrected chi connectivity index (χ4v) is 3.51. The number of hydrogen-bond donors (Lipinski definition) is 2. The first kappa shape index (κ1) is 19.4. The fraction of sp³-hybridized carbons (Fsp3) is 0.0833. The van der Waals surface area contributed by atoms with Crippen molar-refractivity contribution in [3.05, 3.63) is 100 Å². The highest BCUT2D eigenvalue weighted by molar-refractivity contribution is 6.42. The van der Waals surface area contributed by atoms with Gasteiger partial charge in [0.05, 0.1) is 10.0 Å². The molecular weight excluding hydrogens is 405 g/mol. The van der Waals surface area contributed by atoms with Gasteiger partial charge in [0.25, 0.3) is 0 Å². The number of nitrogens with one attached hydrogen (secondary N) is 1. The highest BCUT2D eigenvalue weighted by Crippen LogP contribution is 2.30. The second-order valence-electron chi connectivity index (χ2n) is 6.70. The van der Waals surface area contributed by atoms with Crippen LogP contribution in [0.15, 0.2) is 78.9 Å². The molecular formula is C24H19Cl2NO2. The summed E-state index contributed by atoms with van der Waals surface area (Å²) >= 11 is 12.1. The summed E-state index contributed by atoms with van der Waals surface area (Å²) in [6.07, 6.45) is 0. The van der Waals surface area contributed by atoms with Gasteiger partial charge in [0, 0.05) is 17.8 Å². The average Bonchev–Trinajstić information content (AvgIpc) is 2.74. The highest BCUT2D eigenvalue weighted by atomic mass is 35.5. The molecule has 0 aliphatic carbocycles. The van der Waals surface area contributed by atoms with Gasteiger partial charge < -0.3 is 15.2 Å². The summed E-state index contributed by atoms with van der Waals surface area (Å²) in [5.74, 6) is 1.05. The molecule has 4 rings (SSSR count). The topological polar surface area (TPSA) is 41.5 Å². The van der Waals surface area contributed by atoms with Gasteiger partial charge in [-0.25, -0.2) is 0 Å². The Kier molecular flexibility index (Phi) is 5.79. The lowest BCUT2D eigenvalue weighted by Crippen LogP contribution is -2.04. The molecule has 0 spiro atoms. The van der Waals surface area contributed by atoms with E-state index in [0.29, 0.717) is 23.2 Å². The normalized spacial score (nSPS) is 10.8. The molecule has 0 amide bonds. The zero-order valence-corrected chi connectivity index (χ0v) is 17.0. The van der Waals surface area contributed by atoms with Crippen molar-refractivity contribution in [3.63, 3.8) is 0 Å². The van der Waals surface area contributed by atoms with Crippen LogP contribution in [0.5, 0.6) is 11.5 Å². The molecule has 0 fully saturated rings. The molecule has 0 saturated heterocycles. The third kappa shape index (κ3) is 4.58. The van der Waals surface area contributed by atoms with E-state index in [1.54, 1.807) is 18.2 Å². The Labute approximate surface area is 179 Å². The summed E-state index contributed by atoms with van der Waals surface area (Å²) in [7, 11) is 0. The standard InChI is InChI=1S/C24H19Cl2NO2/c25-22-11-5-16(13-23(22)26)15-29-24-12-6-17-3-1-2-4-20(17)21(24)14-27-18-7-9-19(28)10-8-18/h1-13,27-28H,14-15H2. The first-order valence-corrected chi connectivity index (χ1v) is 9.96. The molecule has 4 aromatic carbocycles.